The number of nitrogens with one attached hydrogen (secondary N) is 1. The fraction of sp³-hybridized carbons (Fsp3) is 0.531. The van der Waals surface area contributed by atoms with Gasteiger partial charge in [0.25, 0.3) is 6.36 Å². The van der Waals surface area contributed by atoms with Gasteiger partial charge in [-0.05, 0) is 96.4 Å². The molecule has 1 saturated heterocycles. The summed E-state index contributed by atoms with van der Waals surface area (Å²) < 4.78 is 49.4. The van der Waals surface area contributed by atoms with E-state index >= 15 is 8.78 Å². The van der Waals surface area contributed by atoms with Crippen LogP contribution in [-0.2, 0) is 0 Å². The zero-order valence-electron chi connectivity index (χ0n) is 25.3. The second kappa shape index (κ2) is 12.3. The van der Waals surface area contributed by atoms with Crippen LogP contribution in [0.5, 0.6) is 5.75 Å². The third-order valence-electron chi connectivity index (χ3n) is 8.61. The van der Waals surface area contributed by atoms with Gasteiger partial charge in [-0.15, -0.1) is 0 Å². The lowest BCUT2D eigenvalue weighted by molar-refractivity contribution is 0.0591. The quantitative estimate of drug-likeness (QED) is 0.319. The number of benzene rings is 1. The molecule has 230 valence electrons. The number of aromatic nitrogens is 3. The summed E-state index contributed by atoms with van der Waals surface area (Å²) in [5, 5.41) is 3.15. The molecule has 2 aliphatic heterocycles. The monoisotopic (exact) mass is 595 g/mol. The fourth-order valence-corrected chi connectivity index (χ4v) is 6.09. The van der Waals surface area contributed by atoms with Crippen molar-refractivity contribution >= 4 is 17.5 Å². The first-order valence-electron chi connectivity index (χ1n) is 15.2. The minimum Gasteiger partial charge on any atom is -0.453 e. The molecular weight excluding hydrogens is 555 g/mol. The van der Waals surface area contributed by atoms with Crippen molar-refractivity contribution in [3.63, 3.8) is 0 Å². The second-order valence-corrected chi connectivity index (χ2v) is 12.5. The van der Waals surface area contributed by atoms with Crippen LogP contribution in [0.15, 0.2) is 30.5 Å². The minimum atomic E-state index is -1.65. The normalized spacial score (nSPS) is 19.6. The number of piperidine rings is 1. The first-order valence-corrected chi connectivity index (χ1v) is 15.2. The molecule has 0 amide bonds. The molecule has 0 spiro atoms. The van der Waals surface area contributed by atoms with Crippen LogP contribution in [0.2, 0.25) is 0 Å². The Hall–Kier alpha value is -3.44. The average Bonchev–Trinajstić information content (AvgIpc) is 3.83. The molecule has 43 heavy (non-hydrogen) atoms. The van der Waals surface area contributed by atoms with Crippen molar-refractivity contribution in [3.8, 4) is 17.0 Å². The van der Waals surface area contributed by atoms with E-state index in [1.54, 1.807) is 11.0 Å². The Labute approximate surface area is 251 Å². The molecule has 2 fully saturated rings. The molecule has 6 rings (SSSR count). The molecule has 4 heterocycles. The first-order chi connectivity index (χ1) is 20.7. The summed E-state index contributed by atoms with van der Waals surface area (Å²) in [7, 11) is 4.22. The third-order valence-corrected chi connectivity index (χ3v) is 8.61. The van der Waals surface area contributed by atoms with Gasteiger partial charge in [-0.25, -0.2) is 23.7 Å². The molecule has 1 unspecified atom stereocenters. The summed E-state index contributed by atoms with van der Waals surface area (Å²) >= 11 is 0. The molecule has 8 nitrogen and oxygen atoms in total. The number of likely N-dealkylation sites (N-methyl/N-ethyl adjacent to an activating group) is 1. The van der Waals surface area contributed by atoms with Gasteiger partial charge >= 0.3 is 0 Å². The van der Waals surface area contributed by atoms with Crippen LogP contribution in [0.3, 0.4) is 0 Å². The highest BCUT2D eigenvalue weighted by atomic mass is 19.1. The Morgan fingerprint density at radius 2 is 1.79 bits per heavy atom. The molecule has 3 aliphatic rings. The number of ether oxygens (including phenoxy) is 1. The van der Waals surface area contributed by atoms with Gasteiger partial charge in [0.05, 0.1) is 18.4 Å². The van der Waals surface area contributed by atoms with Gasteiger partial charge in [0.2, 0.25) is 5.95 Å². The molecule has 1 N–H and O–H groups in total. The zero-order valence-corrected chi connectivity index (χ0v) is 25.3. The van der Waals surface area contributed by atoms with Crippen LogP contribution in [0.1, 0.15) is 62.6 Å². The Kier molecular flexibility index (Phi) is 8.46. The molecule has 2 aromatic heterocycles. The highest BCUT2D eigenvalue weighted by Crippen LogP contribution is 2.45. The number of halogens is 3. The number of pyridine rings is 1. The Morgan fingerprint density at radius 3 is 2.49 bits per heavy atom. The minimum absolute atomic E-state index is 0.0484. The third kappa shape index (κ3) is 6.57. The van der Waals surface area contributed by atoms with E-state index in [2.05, 4.69) is 45.2 Å². The molecule has 3 aromatic rings. The summed E-state index contributed by atoms with van der Waals surface area (Å²) in [6.07, 6.45) is 3.92. The maximum atomic E-state index is 15.1. The van der Waals surface area contributed by atoms with E-state index in [4.69, 9.17) is 9.72 Å². The van der Waals surface area contributed by atoms with E-state index in [1.807, 2.05) is 19.9 Å². The van der Waals surface area contributed by atoms with E-state index in [0.29, 0.717) is 23.3 Å². The molecular formula is C32H40F3N7O. The molecule has 0 radical (unpaired) electrons. The Balaban J connectivity index is 1.22. The topological polar surface area (TPSA) is 69.7 Å². The lowest BCUT2D eigenvalue weighted by atomic mass is 9.87. The predicted octanol–water partition coefficient (Wildman–Crippen LogP) is 6.08. The maximum absolute atomic E-state index is 15.1. The van der Waals surface area contributed by atoms with Gasteiger partial charge in [0, 0.05) is 36.3 Å². The van der Waals surface area contributed by atoms with Gasteiger partial charge < -0.3 is 24.8 Å². The van der Waals surface area contributed by atoms with Gasteiger partial charge in [0.1, 0.15) is 11.5 Å². The lowest BCUT2D eigenvalue weighted by Crippen LogP contribution is -2.42. The smallest absolute Gasteiger partial charge is 0.256 e. The molecule has 1 aliphatic carbocycles. The fourth-order valence-electron chi connectivity index (χ4n) is 6.09. The standard InChI is InChI=1S/C32H40F3N7O/c1-19(2)42-18-27(35)43-31-24(33)15-22(16-26(31)42)30-25(34)17-36-32(39-30)38-28-8-7-23(29(37-28)21-5-6-21)20-9-11-41(12-10-20)14-13-40(3)4/h7-8,15-17,19-21,27H,5-6,9-14,18H2,1-4H3,(H,36,37,38,39). The van der Waals surface area contributed by atoms with Crippen LogP contribution >= 0.6 is 0 Å². The molecule has 0 bridgehead atoms. The van der Waals surface area contributed by atoms with Crippen LogP contribution in [-0.4, -0.2) is 84.0 Å². The van der Waals surface area contributed by atoms with Crippen molar-refractivity contribution < 1.29 is 17.9 Å². The molecule has 11 heteroatoms. The number of nitrogens with zero attached hydrogens (tertiary/aromatic N) is 6. The molecule has 1 atom stereocenters. The van der Waals surface area contributed by atoms with Crippen LogP contribution in [0, 0.1) is 11.6 Å². The summed E-state index contributed by atoms with van der Waals surface area (Å²) in [5.74, 6) is 0.0512. The highest BCUT2D eigenvalue weighted by Gasteiger charge is 2.33. The highest BCUT2D eigenvalue weighted by molar-refractivity contribution is 5.73. The second-order valence-electron chi connectivity index (χ2n) is 12.5. The van der Waals surface area contributed by atoms with Crippen molar-refractivity contribution in [3.05, 3.63) is 53.4 Å². The summed E-state index contributed by atoms with van der Waals surface area (Å²) in [5.41, 5.74) is 2.98. The summed E-state index contributed by atoms with van der Waals surface area (Å²) in [6.45, 7) is 8.05. The van der Waals surface area contributed by atoms with E-state index < -0.39 is 18.0 Å². The maximum Gasteiger partial charge on any atom is 0.256 e. The van der Waals surface area contributed by atoms with Crippen molar-refractivity contribution in [2.75, 3.05) is 57.0 Å². The van der Waals surface area contributed by atoms with E-state index in [1.165, 1.54) is 5.56 Å². The number of likely N-dealkylation sites (tertiary alicyclic amines) is 1. The van der Waals surface area contributed by atoms with Crippen LogP contribution in [0.25, 0.3) is 11.3 Å². The first kappa shape index (κ1) is 29.6. The average molecular weight is 596 g/mol. The SMILES string of the molecule is CC(C)N1CC(F)Oc2c(F)cc(-c3nc(Nc4ccc(C5CCN(CCN(C)C)CC5)c(C5CC5)n4)ncc3F)cc21. The Morgan fingerprint density at radius 1 is 1.02 bits per heavy atom. The number of anilines is 3. The summed E-state index contributed by atoms with van der Waals surface area (Å²) in [4.78, 5) is 20.0. The predicted molar refractivity (Wildman–Crippen MR) is 162 cm³/mol. The zero-order chi connectivity index (χ0) is 30.2. The number of alkyl halides is 1. The van der Waals surface area contributed by atoms with E-state index in [9.17, 15) is 4.39 Å². The van der Waals surface area contributed by atoms with Gasteiger partial charge in [-0.3, -0.25) is 0 Å². The number of hydrogen-bond acceptors (Lipinski definition) is 8. The van der Waals surface area contributed by atoms with Gasteiger partial charge in [-0.2, -0.15) is 4.39 Å². The van der Waals surface area contributed by atoms with Crippen molar-refractivity contribution in [1.29, 1.82) is 0 Å². The molecule has 1 aromatic carbocycles. The van der Waals surface area contributed by atoms with Gasteiger partial charge in [-0.1, -0.05) is 6.07 Å². The van der Waals surface area contributed by atoms with Crippen LogP contribution < -0.4 is 15.0 Å². The van der Waals surface area contributed by atoms with Crippen molar-refractivity contribution in [2.45, 2.75) is 63.8 Å². The van der Waals surface area contributed by atoms with E-state index in [-0.39, 0.29) is 35.5 Å². The Bertz CT molecular complexity index is 1460. The number of hydrogen-bond donors (Lipinski definition) is 1. The number of rotatable bonds is 9. The molecule has 1 saturated carbocycles. The van der Waals surface area contributed by atoms with Crippen molar-refractivity contribution in [1.82, 2.24) is 24.8 Å². The lowest BCUT2D eigenvalue weighted by Gasteiger charge is -2.36. The largest absolute Gasteiger partial charge is 0.453 e. The summed E-state index contributed by atoms with van der Waals surface area (Å²) in [6, 6.07) is 6.70. The number of fused-ring (bicyclic) bond motifs is 1. The van der Waals surface area contributed by atoms with Crippen molar-refractivity contribution in [2.24, 2.45) is 0 Å². The van der Waals surface area contributed by atoms with Crippen LogP contribution in [0.4, 0.5) is 30.6 Å². The van der Waals surface area contributed by atoms with E-state index in [0.717, 1.165) is 69.8 Å². The van der Waals surface area contributed by atoms with Gasteiger partial charge in [0.15, 0.2) is 17.4 Å².